The number of aromatic nitrogens is 1. The van der Waals surface area contributed by atoms with Crippen LogP contribution in [-0.4, -0.2) is 47.9 Å². The van der Waals surface area contributed by atoms with E-state index in [-0.39, 0.29) is 16.3 Å². The molecule has 0 saturated heterocycles. The van der Waals surface area contributed by atoms with Crippen LogP contribution in [0.4, 0.5) is 4.39 Å². The Morgan fingerprint density at radius 2 is 2.35 bits per heavy atom. The molecule has 0 aliphatic heterocycles. The Labute approximate surface area is 108 Å². The van der Waals surface area contributed by atoms with E-state index >= 15 is 0 Å². The number of methoxy groups -OCH3 is 1. The Kier molecular flexibility index (Phi) is 5.50. The van der Waals surface area contributed by atoms with Crippen LogP contribution in [0.2, 0.25) is 0 Å². The molecule has 0 N–H and O–H groups in total. The molecule has 17 heavy (non-hydrogen) atoms. The van der Waals surface area contributed by atoms with Gasteiger partial charge in [-0.2, -0.15) is 0 Å². The number of pyridine rings is 1. The standard InChI is InChI=1S/C11H14BrFN2O2/c1-15(6-9(12)7-17-2)11(16)8-3-10(13)5-14-4-8/h3-5,9H,6-7H2,1-2H3. The summed E-state index contributed by atoms with van der Waals surface area (Å²) in [6.45, 7) is 0.974. The Balaban J connectivity index is 2.63. The van der Waals surface area contributed by atoms with Crippen LogP contribution in [0.3, 0.4) is 0 Å². The van der Waals surface area contributed by atoms with Crippen LogP contribution in [0.15, 0.2) is 18.5 Å². The minimum atomic E-state index is -0.517. The first kappa shape index (κ1) is 14.1. The predicted octanol–water partition coefficient (Wildman–Crippen LogP) is 1.70. The summed E-state index contributed by atoms with van der Waals surface area (Å²) in [5, 5.41) is 0. The van der Waals surface area contributed by atoms with Gasteiger partial charge in [0, 0.05) is 26.9 Å². The molecular formula is C11H14BrFN2O2. The van der Waals surface area contributed by atoms with Gasteiger partial charge in [0.05, 0.1) is 23.2 Å². The topological polar surface area (TPSA) is 42.4 Å². The summed E-state index contributed by atoms with van der Waals surface area (Å²) in [6, 6.07) is 1.17. The largest absolute Gasteiger partial charge is 0.383 e. The first-order valence-electron chi connectivity index (χ1n) is 5.03. The molecule has 0 bridgehead atoms. The summed E-state index contributed by atoms with van der Waals surface area (Å²) in [6.07, 6.45) is 2.41. The molecule has 1 unspecified atom stereocenters. The molecule has 1 amide bonds. The van der Waals surface area contributed by atoms with Crippen molar-refractivity contribution in [3.05, 3.63) is 29.8 Å². The van der Waals surface area contributed by atoms with Crippen molar-refractivity contribution in [3.63, 3.8) is 0 Å². The van der Waals surface area contributed by atoms with E-state index < -0.39 is 5.82 Å². The third kappa shape index (κ3) is 4.40. The number of hydrogen-bond donors (Lipinski definition) is 0. The fourth-order valence-corrected chi connectivity index (χ4v) is 2.06. The summed E-state index contributed by atoms with van der Waals surface area (Å²) in [5.41, 5.74) is 0.240. The van der Waals surface area contributed by atoms with Gasteiger partial charge in [-0.1, -0.05) is 15.9 Å². The average Bonchev–Trinajstić information content (AvgIpc) is 2.28. The Morgan fingerprint density at radius 1 is 1.65 bits per heavy atom. The lowest BCUT2D eigenvalue weighted by molar-refractivity contribution is 0.0783. The Bertz CT molecular complexity index is 389. The molecule has 1 aromatic heterocycles. The summed E-state index contributed by atoms with van der Waals surface area (Å²) in [4.78, 5) is 17.1. The normalized spacial score (nSPS) is 12.2. The minimum absolute atomic E-state index is 0.0444. The number of carbonyl (C=O) groups excluding carboxylic acids is 1. The molecule has 6 heteroatoms. The molecular weight excluding hydrogens is 291 g/mol. The molecule has 1 rings (SSSR count). The second-order valence-corrected chi connectivity index (χ2v) is 4.93. The SMILES string of the molecule is COCC(Br)CN(C)C(=O)c1cncc(F)c1. The van der Waals surface area contributed by atoms with Gasteiger partial charge in [0.1, 0.15) is 5.82 Å². The van der Waals surface area contributed by atoms with Crippen LogP contribution in [0.5, 0.6) is 0 Å². The van der Waals surface area contributed by atoms with Crippen LogP contribution in [-0.2, 0) is 4.74 Å². The van der Waals surface area contributed by atoms with Gasteiger partial charge in [-0.3, -0.25) is 9.78 Å². The first-order chi connectivity index (χ1) is 8.04. The maximum atomic E-state index is 12.9. The van der Waals surface area contributed by atoms with Crippen molar-refractivity contribution >= 4 is 21.8 Å². The van der Waals surface area contributed by atoms with Crippen molar-refractivity contribution in [1.82, 2.24) is 9.88 Å². The monoisotopic (exact) mass is 304 g/mol. The van der Waals surface area contributed by atoms with Crippen LogP contribution in [0, 0.1) is 5.82 Å². The van der Waals surface area contributed by atoms with Crippen molar-refractivity contribution in [2.24, 2.45) is 0 Å². The van der Waals surface area contributed by atoms with Crippen LogP contribution in [0.1, 0.15) is 10.4 Å². The number of nitrogens with zero attached hydrogens (tertiary/aromatic N) is 2. The maximum Gasteiger partial charge on any atom is 0.255 e. The summed E-state index contributed by atoms with van der Waals surface area (Å²) < 4.78 is 17.9. The maximum absolute atomic E-state index is 12.9. The Morgan fingerprint density at radius 3 is 2.94 bits per heavy atom. The lowest BCUT2D eigenvalue weighted by atomic mass is 10.2. The third-order valence-electron chi connectivity index (χ3n) is 2.12. The van der Waals surface area contributed by atoms with E-state index in [2.05, 4.69) is 20.9 Å². The van der Waals surface area contributed by atoms with E-state index in [4.69, 9.17) is 4.74 Å². The molecule has 94 valence electrons. The molecule has 0 saturated carbocycles. The summed E-state index contributed by atoms with van der Waals surface area (Å²) in [5.74, 6) is -0.783. The molecule has 0 radical (unpaired) electrons. The van der Waals surface area contributed by atoms with E-state index in [1.807, 2.05) is 0 Å². The Hall–Kier alpha value is -1.01. The molecule has 0 aliphatic carbocycles. The smallest absolute Gasteiger partial charge is 0.255 e. The van der Waals surface area contributed by atoms with Gasteiger partial charge < -0.3 is 9.64 Å². The predicted molar refractivity (Wildman–Crippen MR) is 65.7 cm³/mol. The zero-order valence-corrected chi connectivity index (χ0v) is 11.3. The van der Waals surface area contributed by atoms with E-state index in [1.54, 1.807) is 14.2 Å². The van der Waals surface area contributed by atoms with Gasteiger partial charge in [-0.25, -0.2) is 4.39 Å². The first-order valence-corrected chi connectivity index (χ1v) is 5.95. The highest BCUT2D eigenvalue weighted by molar-refractivity contribution is 9.09. The van der Waals surface area contributed by atoms with Crippen molar-refractivity contribution in [2.75, 3.05) is 27.3 Å². The molecule has 0 aromatic carbocycles. The zero-order chi connectivity index (χ0) is 12.8. The average molecular weight is 305 g/mol. The van der Waals surface area contributed by atoms with Gasteiger partial charge >= 0.3 is 0 Å². The number of carbonyl (C=O) groups is 1. The molecule has 1 atom stereocenters. The van der Waals surface area contributed by atoms with Gasteiger partial charge in [-0.15, -0.1) is 0 Å². The number of alkyl halides is 1. The van der Waals surface area contributed by atoms with Crippen molar-refractivity contribution in [1.29, 1.82) is 0 Å². The number of halogens is 2. The number of rotatable bonds is 5. The van der Waals surface area contributed by atoms with Gasteiger partial charge in [0.15, 0.2) is 0 Å². The molecule has 0 spiro atoms. The van der Waals surface area contributed by atoms with E-state index in [9.17, 15) is 9.18 Å². The second-order valence-electron chi connectivity index (χ2n) is 3.63. The highest BCUT2D eigenvalue weighted by atomic mass is 79.9. The molecule has 0 fully saturated rings. The van der Waals surface area contributed by atoms with Gasteiger partial charge in [-0.05, 0) is 6.07 Å². The molecule has 0 aliphatic rings. The fourth-order valence-electron chi connectivity index (χ4n) is 1.36. The van der Waals surface area contributed by atoms with Gasteiger partial charge in [0.25, 0.3) is 5.91 Å². The minimum Gasteiger partial charge on any atom is -0.383 e. The van der Waals surface area contributed by atoms with Crippen LogP contribution >= 0.6 is 15.9 Å². The van der Waals surface area contributed by atoms with Gasteiger partial charge in [0.2, 0.25) is 0 Å². The third-order valence-corrected chi connectivity index (χ3v) is 2.67. The summed E-state index contributed by atoms with van der Waals surface area (Å²) >= 11 is 3.39. The number of hydrogen-bond acceptors (Lipinski definition) is 3. The molecule has 1 aromatic rings. The number of ether oxygens (including phenoxy) is 1. The van der Waals surface area contributed by atoms with E-state index in [0.717, 1.165) is 6.20 Å². The highest BCUT2D eigenvalue weighted by Gasteiger charge is 2.16. The lowest BCUT2D eigenvalue weighted by Crippen LogP contribution is -2.33. The van der Waals surface area contributed by atoms with Crippen molar-refractivity contribution in [2.45, 2.75) is 4.83 Å². The second kappa shape index (κ2) is 6.66. The number of amides is 1. The van der Waals surface area contributed by atoms with E-state index in [1.165, 1.54) is 17.2 Å². The van der Waals surface area contributed by atoms with Crippen LogP contribution < -0.4 is 0 Å². The quantitative estimate of drug-likeness (QED) is 0.778. The summed E-state index contributed by atoms with van der Waals surface area (Å²) in [7, 11) is 3.24. The highest BCUT2D eigenvalue weighted by Crippen LogP contribution is 2.08. The lowest BCUT2D eigenvalue weighted by Gasteiger charge is -2.20. The van der Waals surface area contributed by atoms with Crippen molar-refractivity contribution in [3.8, 4) is 0 Å². The zero-order valence-electron chi connectivity index (χ0n) is 9.69. The van der Waals surface area contributed by atoms with E-state index in [0.29, 0.717) is 13.2 Å². The van der Waals surface area contributed by atoms with Crippen molar-refractivity contribution < 1.29 is 13.9 Å². The molecule has 1 heterocycles. The molecule has 4 nitrogen and oxygen atoms in total. The van der Waals surface area contributed by atoms with Crippen LogP contribution in [0.25, 0.3) is 0 Å². The fraction of sp³-hybridized carbons (Fsp3) is 0.455.